The summed E-state index contributed by atoms with van der Waals surface area (Å²) in [5.74, 6) is -1.28. The van der Waals surface area contributed by atoms with E-state index in [0.717, 1.165) is 6.42 Å². The summed E-state index contributed by atoms with van der Waals surface area (Å²) in [6.07, 6.45) is 7.27. The minimum Gasteiger partial charge on any atom is -0.481 e. The van der Waals surface area contributed by atoms with Crippen LogP contribution in [0.15, 0.2) is 23.8 Å². The molecule has 0 aromatic rings. The van der Waals surface area contributed by atoms with E-state index in [1.807, 2.05) is 20.8 Å². The number of carboxylic acids is 1. The van der Waals surface area contributed by atoms with Gasteiger partial charge < -0.3 is 20.1 Å². The highest BCUT2D eigenvalue weighted by Crippen LogP contribution is 2.45. The number of ether oxygens (including phenoxy) is 1. The van der Waals surface area contributed by atoms with E-state index < -0.39 is 29.5 Å². The molecule has 32 heavy (non-hydrogen) atoms. The molecule has 0 heterocycles. The van der Waals surface area contributed by atoms with Crippen LogP contribution in [0.3, 0.4) is 0 Å². The van der Waals surface area contributed by atoms with Crippen molar-refractivity contribution in [2.45, 2.75) is 92.0 Å². The van der Waals surface area contributed by atoms with Crippen LogP contribution in [0.4, 0.5) is 0 Å². The number of esters is 1. The third-order valence-corrected chi connectivity index (χ3v) is 7.60. The number of aliphatic hydroxyl groups excluding tert-OH is 2. The molecular formula is C26H42O6. The van der Waals surface area contributed by atoms with Crippen LogP contribution in [0.25, 0.3) is 0 Å². The summed E-state index contributed by atoms with van der Waals surface area (Å²) in [5, 5.41) is 29.6. The van der Waals surface area contributed by atoms with Crippen LogP contribution >= 0.6 is 0 Å². The summed E-state index contributed by atoms with van der Waals surface area (Å²) in [7, 11) is 0. The Bertz CT molecular complexity index is 724. The zero-order valence-electron chi connectivity index (χ0n) is 20.5. The summed E-state index contributed by atoms with van der Waals surface area (Å²) >= 11 is 0. The van der Waals surface area contributed by atoms with Crippen LogP contribution < -0.4 is 0 Å². The first-order valence-corrected chi connectivity index (χ1v) is 12.1. The number of carbonyl (C=O) groups excluding carboxylic acids is 1. The fourth-order valence-corrected chi connectivity index (χ4v) is 4.81. The minimum absolute atomic E-state index is 0.0396. The number of hydrogen-bond acceptors (Lipinski definition) is 5. The van der Waals surface area contributed by atoms with Gasteiger partial charge in [0.25, 0.3) is 0 Å². The molecule has 2 aliphatic carbocycles. The average molecular weight is 451 g/mol. The lowest BCUT2D eigenvalue weighted by molar-refractivity contribution is -0.164. The number of rotatable bonds is 10. The normalized spacial score (nSPS) is 30.6. The first-order valence-electron chi connectivity index (χ1n) is 12.1. The number of hydrogen-bond donors (Lipinski definition) is 3. The first kappa shape index (κ1) is 26.6. The van der Waals surface area contributed by atoms with Gasteiger partial charge in [-0.05, 0) is 69.8 Å². The van der Waals surface area contributed by atoms with E-state index >= 15 is 0 Å². The molecular weight excluding hydrogens is 408 g/mol. The van der Waals surface area contributed by atoms with Crippen molar-refractivity contribution in [3.8, 4) is 0 Å². The van der Waals surface area contributed by atoms with Crippen molar-refractivity contribution in [3.63, 3.8) is 0 Å². The van der Waals surface area contributed by atoms with Crippen LogP contribution in [-0.2, 0) is 14.3 Å². The van der Waals surface area contributed by atoms with Crippen molar-refractivity contribution in [3.05, 3.63) is 23.8 Å². The van der Waals surface area contributed by atoms with Crippen LogP contribution in [0, 0.1) is 35.0 Å². The van der Waals surface area contributed by atoms with Crippen LogP contribution in [-0.4, -0.2) is 45.6 Å². The van der Waals surface area contributed by atoms with E-state index in [0.29, 0.717) is 25.2 Å². The summed E-state index contributed by atoms with van der Waals surface area (Å²) in [4.78, 5) is 23.9. The molecule has 0 saturated heterocycles. The van der Waals surface area contributed by atoms with Crippen molar-refractivity contribution in [1.29, 1.82) is 0 Å². The highest BCUT2D eigenvalue weighted by Gasteiger charge is 2.43. The molecule has 0 aromatic carbocycles. The Kier molecular flexibility index (Phi) is 9.12. The Morgan fingerprint density at radius 3 is 2.50 bits per heavy atom. The molecule has 0 bridgehead atoms. The maximum Gasteiger partial charge on any atom is 0.311 e. The quantitative estimate of drug-likeness (QED) is 0.428. The smallest absolute Gasteiger partial charge is 0.311 e. The van der Waals surface area contributed by atoms with Crippen LogP contribution in [0.1, 0.15) is 73.6 Å². The maximum absolute atomic E-state index is 12.9. The number of fused-ring (bicyclic) bond motifs is 1. The fraction of sp³-hybridized carbons (Fsp3) is 0.769. The van der Waals surface area contributed by atoms with Crippen molar-refractivity contribution in [2.75, 3.05) is 0 Å². The van der Waals surface area contributed by atoms with Gasteiger partial charge in [0.15, 0.2) is 0 Å². The molecule has 0 fully saturated rings. The lowest BCUT2D eigenvalue weighted by Crippen LogP contribution is -2.43. The topological polar surface area (TPSA) is 104 Å². The van der Waals surface area contributed by atoms with Gasteiger partial charge in [0.05, 0.1) is 23.5 Å². The molecule has 0 radical (unpaired) electrons. The first-order chi connectivity index (χ1) is 14.9. The largest absolute Gasteiger partial charge is 0.481 e. The highest BCUT2D eigenvalue weighted by atomic mass is 16.5. The Hall–Kier alpha value is -1.66. The second kappa shape index (κ2) is 11.0. The van der Waals surface area contributed by atoms with Gasteiger partial charge in [-0.3, -0.25) is 9.59 Å². The number of allylic oxidation sites excluding steroid dienone is 3. The molecule has 0 spiro atoms. The van der Waals surface area contributed by atoms with Gasteiger partial charge >= 0.3 is 11.9 Å². The Labute approximate surface area is 192 Å². The molecule has 0 aromatic heterocycles. The monoisotopic (exact) mass is 450 g/mol. The van der Waals surface area contributed by atoms with E-state index in [4.69, 9.17) is 9.84 Å². The molecule has 3 unspecified atom stereocenters. The molecule has 182 valence electrons. The molecule has 6 heteroatoms. The molecule has 6 nitrogen and oxygen atoms in total. The zero-order chi connectivity index (χ0) is 24.2. The third-order valence-electron chi connectivity index (χ3n) is 7.60. The zero-order valence-corrected chi connectivity index (χ0v) is 20.5. The fourth-order valence-electron chi connectivity index (χ4n) is 4.81. The Morgan fingerprint density at radius 2 is 1.91 bits per heavy atom. The van der Waals surface area contributed by atoms with Crippen LogP contribution in [0.2, 0.25) is 0 Å². The SMILES string of the molecule is CCC(C)(C)C(=O)O[C@H]1C[C@@H](C)C=C2C=C[C@H](C)C(CCC(O)C[C@@H](O)[C@@H](C)C(=O)O)C21. The van der Waals surface area contributed by atoms with Gasteiger partial charge in [0, 0.05) is 12.3 Å². The maximum atomic E-state index is 12.9. The van der Waals surface area contributed by atoms with Crippen molar-refractivity contribution < 1.29 is 29.6 Å². The Balaban J connectivity index is 2.13. The lowest BCUT2D eigenvalue weighted by Gasteiger charge is -2.44. The highest BCUT2D eigenvalue weighted by molar-refractivity contribution is 5.76. The molecule has 0 saturated carbocycles. The predicted octanol–water partition coefficient (Wildman–Crippen LogP) is 4.35. The van der Waals surface area contributed by atoms with Gasteiger partial charge in [-0.1, -0.05) is 39.0 Å². The summed E-state index contributed by atoms with van der Waals surface area (Å²) in [6.45, 7) is 11.6. The molecule has 8 atom stereocenters. The van der Waals surface area contributed by atoms with Gasteiger partial charge in [-0.2, -0.15) is 0 Å². The predicted molar refractivity (Wildman–Crippen MR) is 124 cm³/mol. The number of aliphatic hydroxyl groups is 2. The number of carboxylic acid groups (broad SMARTS) is 1. The molecule has 2 rings (SSSR count). The van der Waals surface area contributed by atoms with Crippen molar-refractivity contribution >= 4 is 11.9 Å². The summed E-state index contributed by atoms with van der Waals surface area (Å²) < 4.78 is 6.11. The molecule has 2 aliphatic rings. The third kappa shape index (κ3) is 6.44. The van der Waals surface area contributed by atoms with E-state index in [1.54, 1.807) is 0 Å². The van der Waals surface area contributed by atoms with Crippen molar-refractivity contribution in [1.82, 2.24) is 0 Å². The van der Waals surface area contributed by atoms with Crippen LogP contribution in [0.5, 0.6) is 0 Å². The summed E-state index contributed by atoms with van der Waals surface area (Å²) in [6, 6.07) is 0. The van der Waals surface area contributed by atoms with E-state index in [2.05, 4.69) is 32.1 Å². The van der Waals surface area contributed by atoms with Gasteiger partial charge in [0.1, 0.15) is 6.10 Å². The number of carbonyl (C=O) groups is 2. The van der Waals surface area contributed by atoms with Crippen molar-refractivity contribution in [2.24, 2.45) is 35.0 Å². The second-order valence-electron chi connectivity index (χ2n) is 10.6. The number of aliphatic carboxylic acids is 1. The van der Waals surface area contributed by atoms with E-state index in [-0.39, 0.29) is 36.2 Å². The standard InChI is InChI=1S/C26H42O6/c1-7-26(5,6)25(31)32-22-13-15(2)12-18-9-8-16(3)20(23(18)22)11-10-19(27)14-21(28)17(4)24(29)30/h8-9,12,15-17,19-23,27-28H,7,10-11,13-14H2,1-6H3,(H,29,30)/t15-,16-,17+,19?,20?,21+,22-,23?/m0/s1. The van der Waals surface area contributed by atoms with Gasteiger partial charge in [-0.25, -0.2) is 0 Å². The molecule has 0 amide bonds. The molecule has 3 N–H and O–H groups in total. The van der Waals surface area contributed by atoms with E-state index in [9.17, 15) is 19.8 Å². The second-order valence-corrected chi connectivity index (χ2v) is 10.6. The average Bonchev–Trinajstić information content (AvgIpc) is 2.72. The van der Waals surface area contributed by atoms with E-state index in [1.165, 1.54) is 12.5 Å². The van der Waals surface area contributed by atoms with Gasteiger partial charge in [-0.15, -0.1) is 0 Å². The lowest BCUT2D eigenvalue weighted by atomic mass is 9.65. The minimum atomic E-state index is -1.08. The van der Waals surface area contributed by atoms with Gasteiger partial charge in [0.2, 0.25) is 0 Å². The Morgan fingerprint density at radius 1 is 1.25 bits per heavy atom. The molecule has 0 aliphatic heterocycles. The summed E-state index contributed by atoms with van der Waals surface area (Å²) in [5.41, 5.74) is 0.677.